The summed E-state index contributed by atoms with van der Waals surface area (Å²) in [5, 5.41) is 8.39. The molecule has 0 fully saturated rings. The Morgan fingerprint density at radius 3 is 2.88 bits per heavy atom. The van der Waals surface area contributed by atoms with Crippen molar-refractivity contribution in [1.82, 2.24) is 10.5 Å². The second kappa shape index (κ2) is 6.07. The summed E-state index contributed by atoms with van der Waals surface area (Å²) in [5.41, 5.74) is 2.67. The molecule has 0 bridgehead atoms. The molecule has 1 atom stereocenters. The van der Waals surface area contributed by atoms with E-state index in [0.29, 0.717) is 12.3 Å². The van der Waals surface area contributed by atoms with Gasteiger partial charge in [-0.05, 0) is 17.9 Å². The van der Waals surface area contributed by atoms with Crippen LogP contribution >= 0.6 is 0 Å². The molecule has 0 aliphatic rings. The van der Waals surface area contributed by atoms with Crippen molar-refractivity contribution in [2.75, 3.05) is 7.11 Å². The molecule has 1 aromatic rings. The van der Waals surface area contributed by atoms with E-state index in [-0.39, 0.29) is 11.8 Å². The van der Waals surface area contributed by atoms with E-state index in [1.165, 1.54) is 0 Å². The van der Waals surface area contributed by atoms with Gasteiger partial charge in [0, 0.05) is 18.7 Å². The molecule has 1 unspecified atom stereocenters. The highest BCUT2D eigenvalue weighted by Gasteiger charge is 2.09. The number of nitrogens with one attached hydrogen (secondary N) is 1. The van der Waals surface area contributed by atoms with Crippen molar-refractivity contribution in [2.24, 2.45) is 5.92 Å². The molecule has 88 valence electrons. The maximum absolute atomic E-state index is 10.9. The summed E-state index contributed by atoms with van der Waals surface area (Å²) in [6, 6.07) is 3.70. The van der Waals surface area contributed by atoms with Crippen LogP contribution in [0.15, 0.2) is 18.3 Å². The van der Waals surface area contributed by atoms with Gasteiger partial charge in [-0.2, -0.15) is 0 Å². The van der Waals surface area contributed by atoms with Crippen molar-refractivity contribution in [3.8, 4) is 5.88 Å². The Kier molecular flexibility index (Phi) is 4.72. The van der Waals surface area contributed by atoms with E-state index in [9.17, 15) is 4.79 Å². The first-order valence-corrected chi connectivity index (χ1v) is 5.07. The molecule has 5 nitrogen and oxygen atoms in total. The minimum absolute atomic E-state index is 0.155. The molecule has 0 aliphatic carbocycles. The van der Waals surface area contributed by atoms with Crippen molar-refractivity contribution in [3.63, 3.8) is 0 Å². The molecule has 1 rings (SSSR count). The molecule has 1 heterocycles. The third kappa shape index (κ3) is 3.86. The quantitative estimate of drug-likeness (QED) is 0.581. The lowest BCUT2D eigenvalue weighted by atomic mass is 9.99. The van der Waals surface area contributed by atoms with Crippen molar-refractivity contribution >= 4 is 5.91 Å². The molecule has 2 N–H and O–H groups in total. The minimum atomic E-state index is -0.367. The number of hydrogen-bond acceptors (Lipinski definition) is 4. The Bertz CT molecular complexity index is 338. The lowest BCUT2D eigenvalue weighted by Gasteiger charge is -2.09. The van der Waals surface area contributed by atoms with Gasteiger partial charge in [0.25, 0.3) is 0 Å². The Morgan fingerprint density at radius 1 is 1.62 bits per heavy atom. The number of hydrogen-bond donors (Lipinski definition) is 2. The summed E-state index contributed by atoms with van der Waals surface area (Å²) in [6.45, 7) is 1.94. The van der Waals surface area contributed by atoms with Gasteiger partial charge in [0.1, 0.15) is 0 Å². The molecule has 0 radical (unpaired) electrons. The summed E-state index contributed by atoms with van der Waals surface area (Å²) in [6.07, 6.45) is 2.76. The zero-order chi connectivity index (χ0) is 12.0. The van der Waals surface area contributed by atoms with Crippen LogP contribution in [0.2, 0.25) is 0 Å². The van der Waals surface area contributed by atoms with Crippen LogP contribution in [0.25, 0.3) is 0 Å². The first-order chi connectivity index (χ1) is 7.65. The molecule has 0 saturated heterocycles. The second-order valence-electron chi connectivity index (χ2n) is 3.76. The second-order valence-corrected chi connectivity index (χ2v) is 3.76. The number of rotatable bonds is 5. The number of methoxy groups -OCH3 is 1. The fourth-order valence-corrected chi connectivity index (χ4v) is 1.49. The number of ether oxygens (including phenoxy) is 1. The van der Waals surface area contributed by atoms with E-state index >= 15 is 0 Å². The predicted molar refractivity (Wildman–Crippen MR) is 58.2 cm³/mol. The topological polar surface area (TPSA) is 71.5 Å². The summed E-state index contributed by atoms with van der Waals surface area (Å²) in [5.74, 6) is 0.362. The highest BCUT2D eigenvalue weighted by molar-refractivity contribution is 5.74. The van der Waals surface area contributed by atoms with Crippen LogP contribution in [-0.4, -0.2) is 23.2 Å². The van der Waals surface area contributed by atoms with Crippen LogP contribution < -0.4 is 10.2 Å². The zero-order valence-electron chi connectivity index (χ0n) is 9.43. The Balaban J connectivity index is 2.49. The third-order valence-corrected chi connectivity index (χ3v) is 2.25. The molecule has 0 aromatic carbocycles. The van der Waals surface area contributed by atoms with Gasteiger partial charge in [-0.3, -0.25) is 10.0 Å². The molecule has 1 amide bonds. The molecule has 5 heteroatoms. The van der Waals surface area contributed by atoms with Crippen molar-refractivity contribution in [1.29, 1.82) is 0 Å². The molecule has 0 spiro atoms. The van der Waals surface area contributed by atoms with E-state index in [4.69, 9.17) is 9.94 Å². The van der Waals surface area contributed by atoms with E-state index in [0.717, 1.165) is 12.0 Å². The molecular formula is C11H16N2O3. The minimum Gasteiger partial charge on any atom is -0.481 e. The monoisotopic (exact) mass is 224 g/mol. The summed E-state index contributed by atoms with van der Waals surface area (Å²) in [4.78, 5) is 15.0. The number of hydroxylamine groups is 1. The highest BCUT2D eigenvalue weighted by Crippen LogP contribution is 2.13. The summed E-state index contributed by atoms with van der Waals surface area (Å²) >= 11 is 0. The molecule has 16 heavy (non-hydrogen) atoms. The Labute approximate surface area is 94.4 Å². The summed E-state index contributed by atoms with van der Waals surface area (Å²) in [7, 11) is 1.57. The number of carbonyl (C=O) groups is 1. The Hall–Kier alpha value is -1.62. The van der Waals surface area contributed by atoms with E-state index < -0.39 is 0 Å². The van der Waals surface area contributed by atoms with E-state index in [1.807, 2.05) is 13.0 Å². The van der Waals surface area contributed by atoms with E-state index in [1.54, 1.807) is 24.9 Å². The van der Waals surface area contributed by atoms with Gasteiger partial charge in [-0.15, -0.1) is 0 Å². The maximum atomic E-state index is 10.9. The normalized spacial score (nSPS) is 11.9. The first kappa shape index (κ1) is 12.4. The third-order valence-electron chi connectivity index (χ3n) is 2.25. The standard InChI is InChI=1S/C11H16N2O3/c1-8(6-10(14)13-15)5-9-3-4-11(16-2)12-7-9/h3-4,7-8,15H,5-6H2,1-2H3,(H,13,14). The van der Waals surface area contributed by atoms with Gasteiger partial charge < -0.3 is 4.74 Å². The number of aromatic nitrogens is 1. The number of pyridine rings is 1. The average Bonchev–Trinajstić information content (AvgIpc) is 2.29. The van der Waals surface area contributed by atoms with Gasteiger partial charge in [-0.1, -0.05) is 13.0 Å². The zero-order valence-corrected chi connectivity index (χ0v) is 9.43. The van der Waals surface area contributed by atoms with Crippen LogP contribution in [0.4, 0.5) is 0 Å². The predicted octanol–water partition coefficient (Wildman–Crippen LogP) is 1.16. The van der Waals surface area contributed by atoms with Crippen LogP contribution in [0.5, 0.6) is 5.88 Å². The van der Waals surface area contributed by atoms with Gasteiger partial charge in [0.05, 0.1) is 7.11 Å². The number of amides is 1. The number of nitrogens with zero attached hydrogens (tertiary/aromatic N) is 1. The molecule has 0 saturated carbocycles. The fraction of sp³-hybridized carbons (Fsp3) is 0.455. The molecule has 1 aromatic heterocycles. The van der Waals surface area contributed by atoms with Gasteiger partial charge >= 0.3 is 0 Å². The molecular weight excluding hydrogens is 208 g/mol. The largest absolute Gasteiger partial charge is 0.481 e. The number of carbonyl (C=O) groups excluding carboxylic acids is 1. The van der Waals surface area contributed by atoms with Crippen molar-refractivity contribution < 1.29 is 14.7 Å². The average molecular weight is 224 g/mol. The van der Waals surface area contributed by atoms with Crippen molar-refractivity contribution in [3.05, 3.63) is 23.9 Å². The van der Waals surface area contributed by atoms with E-state index in [2.05, 4.69) is 4.98 Å². The lowest BCUT2D eigenvalue weighted by Crippen LogP contribution is -2.21. The Morgan fingerprint density at radius 2 is 2.38 bits per heavy atom. The first-order valence-electron chi connectivity index (χ1n) is 5.07. The van der Waals surface area contributed by atoms with Crippen molar-refractivity contribution in [2.45, 2.75) is 19.8 Å². The summed E-state index contributed by atoms with van der Waals surface area (Å²) < 4.78 is 4.95. The molecule has 0 aliphatic heterocycles. The maximum Gasteiger partial charge on any atom is 0.243 e. The van der Waals surface area contributed by atoms with Crippen LogP contribution in [0, 0.1) is 5.92 Å². The van der Waals surface area contributed by atoms with Crippen LogP contribution in [0.3, 0.4) is 0 Å². The van der Waals surface area contributed by atoms with Crippen LogP contribution in [-0.2, 0) is 11.2 Å². The fourth-order valence-electron chi connectivity index (χ4n) is 1.49. The highest BCUT2D eigenvalue weighted by atomic mass is 16.5. The van der Waals surface area contributed by atoms with Gasteiger partial charge in [0.15, 0.2) is 0 Å². The van der Waals surface area contributed by atoms with Gasteiger partial charge in [0.2, 0.25) is 11.8 Å². The smallest absolute Gasteiger partial charge is 0.243 e. The van der Waals surface area contributed by atoms with Gasteiger partial charge in [-0.25, -0.2) is 10.5 Å². The SMILES string of the molecule is COc1ccc(CC(C)CC(=O)NO)cn1. The lowest BCUT2D eigenvalue weighted by molar-refractivity contribution is -0.130. The van der Waals surface area contributed by atoms with Crippen LogP contribution in [0.1, 0.15) is 18.9 Å².